The molecule has 2 heterocycles. The lowest BCUT2D eigenvalue weighted by Gasteiger charge is -2.13. The van der Waals surface area contributed by atoms with Crippen LogP contribution in [-0.4, -0.2) is 22.1 Å². The summed E-state index contributed by atoms with van der Waals surface area (Å²) in [4.78, 5) is 13.2. The lowest BCUT2D eigenvalue weighted by molar-refractivity contribution is 0.417. The largest absolute Gasteiger partial charge is 0.495 e. The van der Waals surface area contributed by atoms with Crippen molar-refractivity contribution >= 4 is 11.6 Å². The summed E-state index contributed by atoms with van der Waals surface area (Å²) in [6.45, 7) is 0. The number of methoxy groups -OCH3 is 1. The molecule has 4 aromatic rings. The first-order valence-electron chi connectivity index (χ1n) is 8.68. The minimum atomic E-state index is -0.287. The molecule has 138 valence electrons. The number of pyridine rings is 1. The highest BCUT2D eigenvalue weighted by molar-refractivity contribution is 5.81. The van der Waals surface area contributed by atoms with Gasteiger partial charge in [0.15, 0.2) is 0 Å². The zero-order chi connectivity index (χ0) is 19.3. The highest BCUT2D eigenvalue weighted by Crippen LogP contribution is 2.32. The molecule has 6 heteroatoms. The highest BCUT2D eigenvalue weighted by atomic mass is 19.1. The van der Waals surface area contributed by atoms with Gasteiger partial charge in [-0.25, -0.2) is 14.4 Å². The van der Waals surface area contributed by atoms with Gasteiger partial charge in [-0.15, -0.1) is 0 Å². The van der Waals surface area contributed by atoms with Gasteiger partial charge in [0.2, 0.25) is 5.95 Å². The van der Waals surface area contributed by atoms with Gasteiger partial charge in [-0.3, -0.25) is 4.98 Å². The van der Waals surface area contributed by atoms with Crippen LogP contribution in [0.5, 0.6) is 5.75 Å². The number of halogens is 1. The van der Waals surface area contributed by atoms with E-state index in [9.17, 15) is 4.39 Å². The quantitative estimate of drug-likeness (QED) is 0.528. The summed E-state index contributed by atoms with van der Waals surface area (Å²) in [6, 6.07) is 17.6. The Kier molecular flexibility index (Phi) is 4.93. The summed E-state index contributed by atoms with van der Waals surface area (Å²) in [5.41, 5.74) is 4.01. The van der Waals surface area contributed by atoms with Crippen molar-refractivity contribution in [2.24, 2.45) is 0 Å². The van der Waals surface area contributed by atoms with Crippen LogP contribution < -0.4 is 10.1 Å². The molecular weight excluding hydrogens is 355 g/mol. The van der Waals surface area contributed by atoms with Crippen LogP contribution in [0.2, 0.25) is 0 Å². The monoisotopic (exact) mass is 372 g/mol. The highest BCUT2D eigenvalue weighted by Gasteiger charge is 2.13. The summed E-state index contributed by atoms with van der Waals surface area (Å²) in [6.07, 6.45) is 5.15. The number of rotatable bonds is 5. The molecular formula is C22H17FN4O. The van der Waals surface area contributed by atoms with Crippen molar-refractivity contribution in [3.63, 3.8) is 0 Å². The van der Waals surface area contributed by atoms with Gasteiger partial charge in [0.1, 0.15) is 11.6 Å². The van der Waals surface area contributed by atoms with Gasteiger partial charge in [-0.1, -0.05) is 24.3 Å². The molecule has 0 radical (unpaired) electrons. The van der Waals surface area contributed by atoms with E-state index in [2.05, 4.69) is 15.3 Å². The molecule has 4 rings (SSSR count). The number of nitrogens with zero attached hydrogens (tertiary/aromatic N) is 3. The Hall–Kier alpha value is -3.80. The van der Waals surface area contributed by atoms with Gasteiger partial charge in [-0.05, 0) is 42.0 Å². The van der Waals surface area contributed by atoms with Crippen LogP contribution in [-0.2, 0) is 0 Å². The maximum atomic E-state index is 13.3. The van der Waals surface area contributed by atoms with Gasteiger partial charge < -0.3 is 10.1 Å². The molecule has 2 aromatic heterocycles. The molecule has 0 unspecified atom stereocenters. The number of benzene rings is 2. The van der Waals surface area contributed by atoms with Crippen LogP contribution in [0, 0.1) is 5.82 Å². The fraction of sp³-hybridized carbons (Fsp3) is 0.0455. The molecule has 1 N–H and O–H groups in total. The minimum absolute atomic E-state index is 0.287. The average Bonchev–Trinajstić information content (AvgIpc) is 2.75. The van der Waals surface area contributed by atoms with Crippen molar-refractivity contribution in [2.45, 2.75) is 0 Å². The van der Waals surface area contributed by atoms with Crippen molar-refractivity contribution in [1.82, 2.24) is 15.0 Å². The number of hydrogen-bond acceptors (Lipinski definition) is 5. The van der Waals surface area contributed by atoms with Crippen molar-refractivity contribution in [3.8, 4) is 28.1 Å². The van der Waals surface area contributed by atoms with Crippen LogP contribution in [0.4, 0.5) is 16.0 Å². The van der Waals surface area contributed by atoms with E-state index in [4.69, 9.17) is 9.72 Å². The molecule has 0 saturated heterocycles. The predicted molar refractivity (Wildman–Crippen MR) is 107 cm³/mol. The van der Waals surface area contributed by atoms with Gasteiger partial charge in [0.05, 0.1) is 18.5 Å². The van der Waals surface area contributed by atoms with Crippen LogP contribution in [0.15, 0.2) is 79.3 Å². The molecule has 0 aliphatic heterocycles. The molecule has 0 fully saturated rings. The topological polar surface area (TPSA) is 59.9 Å². The fourth-order valence-corrected chi connectivity index (χ4v) is 2.88. The van der Waals surface area contributed by atoms with Crippen molar-refractivity contribution in [3.05, 3.63) is 85.1 Å². The van der Waals surface area contributed by atoms with Crippen LogP contribution in [0.25, 0.3) is 22.4 Å². The Morgan fingerprint density at radius 3 is 2.39 bits per heavy atom. The van der Waals surface area contributed by atoms with E-state index in [-0.39, 0.29) is 5.82 Å². The Balaban J connectivity index is 1.79. The first-order chi connectivity index (χ1) is 13.7. The third-order valence-corrected chi connectivity index (χ3v) is 4.25. The second kappa shape index (κ2) is 7.84. The molecule has 0 saturated carbocycles. The van der Waals surface area contributed by atoms with E-state index >= 15 is 0 Å². The number of aromatic nitrogens is 3. The molecule has 0 spiro atoms. The van der Waals surface area contributed by atoms with Crippen molar-refractivity contribution < 1.29 is 9.13 Å². The number of ether oxygens (including phenoxy) is 1. The van der Waals surface area contributed by atoms with E-state index in [1.807, 2.05) is 36.4 Å². The summed E-state index contributed by atoms with van der Waals surface area (Å²) in [5, 5.41) is 3.20. The van der Waals surface area contributed by atoms with E-state index in [0.717, 1.165) is 28.1 Å². The first kappa shape index (κ1) is 17.6. The number of para-hydroxylation sites is 2. The fourth-order valence-electron chi connectivity index (χ4n) is 2.88. The standard InChI is InChI=1S/C22H17FN4O/c1-28-20-5-3-2-4-19(20)26-22-25-14-18(15-6-8-17(23)9-7-15)21(27-22)16-10-12-24-13-11-16/h2-14H,1H3,(H,25,26,27). The third-order valence-electron chi connectivity index (χ3n) is 4.25. The third kappa shape index (κ3) is 3.66. The average molecular weight is 372 g/mol. The number of nitrogens with one attached hydrogen (secondary N) is 1. The SMILES string of the molecule is COc1ccccc1Nc1ncc(-c2ccc(F)cc2)c(-c2ccncc2)n1. The Bertz CT molecular complexity index is 1090. The maximum absolute atomic E-state index is 13.3. The lowest BCUT2D eigenvalue weighted by Crippen LogP contribution is -2.01. The molecule has 0 aliphatic carbocycles. The van der Waals surface area contributed by atoms with Crippen LogP contribution >= 0.6 is 0 Å². The first-order valence-corrected chi connectivity index (χ1v) is 8.68. The predicted octanol–water partition coefficient (Wildman–Crippen LogP) is 5.10. The van der Waals surface area contributed by atoms with Gasteiger partial charge in [-0.2, -0.15) is 0 Å². The summed E-state index contributed by atoms with van der Waals surface area (Å²) < 4.78 is 18.7. The minimum Gasteiger partial charge on any atom is -0.495 e. The number of anilines is 2. The van der Waals surface area contributed by atoms with Gasteiger partial charge >= 0.3 is 0 Å². The van der Waals surface area contributed by atoms with E-state index in [0.29, 0.717) is 11.7 Å². The van der Waals surface area contributed by atoms with E-state index < -0.39 is 0 Å². The Morgan fingerprint density at radius 2 is 1.64 bits per heavy atom. The van der Waals surface area contributed by atoms with Crippen LogP contribution in [0.1, 0.15) is 0 Å². The summed E-state index contributed by atoms with van der Waals surface area (Å²) >= 11 is 0. The molecule has 28 heavy (non-hydrogen) atoms. The van der Waals surface area contributed by atoms with E-state index in [1.165, 1.54) is 12.1 Å². The second-order valence-electron chi connectivity index (χ2n) is 6.02. The molecule has 2 aromatic carbocycles. The molecule has 0 atom stereocenters. The van der Waals surface area contributed by atoms with Gasteiger partial charge in [0, 0.05) is 29.7 Å². The lowest BCUT2D eigenvalue weighted by atomic mass is 10.0. The van der Waals surface area contributed by atoms with Crippen LogP contribution in [0.3, 0.4) is 0 Å². The molecule has 0 bridgehead atoms. The zero-order valence-corrected chi connectivity index (χ0v) is 15.1. The van der Waals surface area contributed by atoms with Crippen molar-refractivity contribution in [2.75, 3.05) is 12.4 Å². The maximum Gasteiger partial charge on any atom is 0.227 e. The Labute approximate surface area is 161 Å². The second-order valence-corrected chi connectivity index (χ2v) is 6.02. The molecule has 0 amide bonds. The summed E-state index contributed by atoms with van der Waals surface area (Å²) in [7, 11) is 1.61. The summed E-state index contributed by atoms with van der Waals surface area (Å²) in [5.74, 6) is 0.839. The zero-order valence-electron chi connectivity index (χ0n) is 15.1. The smallest absolute Gasteiger partial charge is 0.227 e. The van der Waals surface area contributed by atoms with Crippen molar-refractivity contribution in [1.29, 1.82) is 0 Å². The number of hydrogen-bond donors (Lipinski definition) is 1. The van der Waals surface area contributed by atoms with E-state index in [1.54, 1.807) is 37.8 Å². The normalized spacial score (nSPS) is 10.5. The molecule has 0 aliphatic rings. The van der Waals surface area contributed by atoms with Gasteiger partial charge in [0.25, 0.3) is 0 Å². The Morgan fingerprint density at radius 1 is 0.893 bits per heavy atom. The molecule has 5 nitrogen and oxygen atoms in total.